The average Bonchev–Trinajstić information content (AvgIpc) is 3.13. The van der Waals surface area contributed by atoms with Crippen molar-refractivity contribution in [1.82, 2.24) is 15.0 Å². The van der Waals surface area contributed by atoms with E-state index in [9.17, 15) is 18.0 Å². The van der Waals surface area contributed by atoms with Crippen LogP contribution in [0.25, 0.3) is 11.0 Å². The summed E-state index contributed by atoms with van der Waals surface area (Å²) in [6.07, 6.45) is -4.81. The predicted octanol–water partition coefficient (Wildman–Crippen LogP) is 4.73. The number of urea groups is 1. The van der Waals surface area contributed by atoms with E-state index in [4.69, 9.17) is 16.1 Å². The van der Waals surface area contributed by atoms with Gasteiger partial charge in [0.05, 0.1) is 10.4 Å². The van der Waals surface area contributed by atoms with Crippen LogP contribution >= 0.6 is 11.6 Å². The first-order valence-corrected chi connectivity index (χ1v) is 9.83. The number of carbonyl (C=O) groups excluding carboxylic acids is 1. The maximum Gasteiger partial charge on any atom is 0.573 e. The van der Waals surface area contributed by atoms with Crippen molar-refractivity contribution in [3.63, 3.8) is 0 Å². The molecule has 31 heavy (non-hydrogen) atoms. The van der Waals surface area contributed by atoms with Gasteiger partial charge in [-0.3, -0.25) is 10.2 Å². The molecule has 0 atom stereocenters. The van der Waals surface area contributed by atoms with Crippen molar-refractivity contribution < 1.29 is 27.2 Å². The number of nitrogens with zero attached hydrogens (tertiary/aromatic N) is 3. The zero-order valence-electron chi connectivity index (χ0n) is 16.2. The molecule has 1 aliphatic heterocycles. The predicted molar refractivity (Wildman–Crippen MR) is 108 cm³/mol. The van der Waals surface area contributed by atoms with Crippen molar-refractivity contribution in [2.75, 3.05) is 31.5 Å². The quantitative estimate of drug-likeness (QED) is 0.617. The third-order valence-corrected chi connectivity index (χ3v) is 5.20. The molecule has 0 bridgehead atoms. The highest BCUT2D eigenvalue weighted by atomic mass is 35.5. The van der Waals surface area contributed by atoms with E-state index in [0.717, 1.165) is 0 Å². The Morgan fingerprint density at radius 3 is 2.65 bits per heavy atom. The first-order chi connectivity index (χ1) is 14.8. The van der Waals surface area contributed by atoms with Crippen molar-refractivity contribution in [2.24, 2.45) is 0 Å². The number of nitrogens with one attached hydrogen (secondary N) is 1. The molecular formula is C20H18ClF3N4O3. The van der Waals surface area contributed by atoms with Crippen molar-refractivity contribution in [2.45, 2.75) is 12.9 Å². The Kier molecular flexibility index (Phi) is 5.92. The number of amides is 2. The SMILES string of the molecule is O=C(Nc1noc2ccccc12)N1CCN(Cc2ccc(Cl)c(OC(F)(F)F)c2)CC1. The van der Waals surface area contributed by atoms with Crippen molar-refractivity contribution >= 4 is 34.4 Å². The monoisotopic (exact) mass is 454 g/mol. The third-order valence-electron chi connectivity index (χ3n) is 4.89. The minimum atomic E-state index is -4.81. The van der Waals surface area contributed by atoms with Gasteiger partial charge in [0.2, 0.25) is 0 Å². The molecule has 1 N–H and O–H groups in total. The molecule has 2 heterocycles. The number of benzene rings is 2. The standard InChI is InChI=1S/C20H18ClF3N4O3/c21-15-6-5-13(11-17(15)30-20(22,23)24)12-27-7-9-28(10-8-27)19(29)25-18-14-3-1-2-4-16(14)31-26-18/h1-6,11H,7-10,12H2,(H,25,26,29). The second-order valence-corrected chi connectivity index (χ2v) is 7.44. The Balaban J connectivity index is 1.32. The number of halogens is 4. The summed E-state index contributed by atoms with van der Waals surface area (Å²) in [4.78, 5) is 16.3. The summed E-state index contributed by atoms with van der Waals surface area (Å²) >= 11 is 5.79. The van der Waals surface area contributed by atoms with Gasteiger partial charge in [-0.05, 0) is 29.8 Å². The molecule has 11 heteroatoms. The fourth-order valence-corrected chi connectivity index (χ4v) is 3.53. The Morgan fingerprint density at radius 1 is 1.16 bits per heavy atom. The topological polar surface area (TPSA) is 70.8 Å². The molecule has 1 aliphatic rings. The number of hydrogen-bond donors (Lipinski definition) is 1. The number of aromatic nitrogens is 1. The third kappa shape index (κ3) is 5.20. The average molecular weight is 455 g/mol. The van der Waals surface area contributed by atoms with Crippen LogP contribution in [-0.2, 0) is 6.54 Å². The normalized spacial score (nSPS) is 15.3. The highest BCUT2D eigenvalue weighted by Crippen LogP contribution is 2.31. The van der Waals surface area contributed by atoms with Crippen LogP contribution < -0.4 is 10.1 Å². The minimum Gasteiger partial charge on any atom is -0.404 e. The number of fused-ring (bicyclic) bond motifs is 1. The van der Waals surface area contributed by atoms with E-state index in [1.807, 2.05) is 23.1 Å². The van der Waals surface area contributed by atoms with Gasteiger partial charge in [0.1, 0.15) is 5.75 Å². The maximum atomic E-state index is 12.6. The Hall–Kier alpha value is -2.98. The van der Waals surface area contributed by atoms with Gasteiger partial charge < -0.3 is 14.2 Å². The second kappa shape index (κ2) is 8.64. The van der Waals surface area contributed by atoms with Crippen LogP contribution in [0.2, 0.25) is 5.02 Å². The van der Waals surface area contributed by atoms with Gasteiger partial charge in [0.15, 0.2) is 11.4 Å². The lowest BCUT2D eigenvalue weighted by Crippen LogP contribution is -2.49. The minimum absolute atomic E-state index is 0.108. The highest BCUT2D eigenvalue weighted by Gasteiger charge is 2.32. The van der Waals surface area contributed by atoms with Gasteiger partial charge in [0.25, 0.3) is 0 Å². The maximum absolute atomic E-state index is 12.6. The number of ether oxygens (including phenoxy) is 1. The molecule has 0 radical (unpaired) electrons. The summed E-state index contributed by atoms with van der Waals surface area (Å²) in [6.45, 7) is 2.45. The summed E-state index contributed by atoms with van der Waals surface area (Å²) in [7, 11) is 0. The summed E-state index contributed by atoms with van der Waals surface area (Å²) in [5.74, 6) is -0.0640. The lowest BCUT2D eigenvalue weighted by atomic mass is 10.2. The Labute approximate surface area is 180 Å². The number of anilines is 1. The van der Waals surface area contributed by atoms with Crippen LogP contribution in [0.1, 0.15) is 5.56 Å². The Bertz CT molecular complexity index is 1080. The summed E-state index contributed by atoms with van der Waals surface area (Å²) in [6, 6.07) is 11.2. The van der Waals surface area contributed by atoms with Gasteiger partial charge in [-0.1, -0.05) is 35.0 Å². The summed E-state index contributed by atoms with van der Waals surface area (Å²) < 4.78 is 46.7. The number of hydrogen-bond acceptors (Lipinski definition) is 5. The molecule has 4 rings (SSSR count). The van der Waals surface area contributed by atoms with Gasteiger partial charge in [-0.15, -0.1) is 13.2 Å². The molecule has 1 aromatic heterocycles. The zero-order chi connectivity index (χ0) is 22.0. The van der Waals surface area contributed by atoms with Gasteiger partial charge in [-0.25, -0.2) is 4.79 Å². The molecule has 1 fully saturated rings. The molecule has 0 saturated carbocycles. The molecule has 0 spiro atoms. The van der Waals surface area contributed by atoms with E-state index in [-0.39, 0.29) is 11.1 Å². The second-order valence-electron chi connectivity index (χ2n) is 7.03. The van der Waals surface area contributed by atoms with Gasteiger partial charge >= 0.3 is 12.4 Å². The van der Waals surface area contributed by atoms with Crippen LogP contribution in [0.3, 0.4) is 0 Å². The van der Waals surface area contributed by atoms with Crippen LogP contribution in [0.15, 0.2) is 47.0 Å². The van der Waals surface area contributed by atoms with Crippen LogP contribution in [0.5, 0.6) is 5.75 Å². The smallest absolute Gasteiger partial charge is 0.404 e. The van der Waals surface area contributed by atoms with Gasteiger partial charge in [-0.2, -0.15) is 0 Å². The fourth-order valence-electron chi connectivity index (χ4n) is 3.37. The first kappa shape index (κ1) is 21.3. The number of alkyl halides is 3. The van der Waals surface area contributed by atoms with Crippen molar-refractivity contribution in [3.8, 4) is 5.75 Å². The zero-order valence-corrected chi connectivity index (χ0v) is 16.9. The lowest BCUT2D eigenvalue weighted by Gasteiger charge is -2.34. The molecule has 2 amide bonds. The van der Waals surface area contributed by atoms with Crippen molar-refractivity contribution in [3.05, 3.63) is 53.1 Å². The Morgan fingerprint density at radius 2 is 1.90 bits per heavy atom. The van der Waals surface area contributed by atoms with E-state index >= 15 is 0 Å². The van der Waals surface area contributed by atoms with E-state index in [1.54, 1.807) is 17.0 Å². The molecule has 1 saturated heterocycles. The number of para-hydroxylation sites is 1. The van der Waals surface area contributed by atoms with E-state index in [1.165, 1.54) is 12.1 Å². The lowest BCUT2D eigenvalue weighted by molar-refractivity contribution is -0.274. The molecule has 3 aromatic rings. The highest BCUT2D eigenvalue weighted by molar-refractivity contribution is 6.32. The van der Waals surface area contributed by atoms with Crippen LogP contribution in [0, 0.1) is 0 Å². The molecule has 0 aliphatic carbocycles. The molecule has 164 valence electrons. The van der Waals surface area contributed by atoms with Crippen LogP contribution in [-0.4, -0.2) is 53.5 Å². The molecule has 2 aromatic carbocycles. The van der Waals surface area contributed by atoms with E-state index in [0.29, 0.717) is 55.1 Å². The molecule has 0 unspecified atom stereocenters. The fraction of sp³-hybridized carbons (Fsp3) is 0.300. The first-order valence-electron chi connectivity index (χ1n) is 9.45. The van der Waals surface area contributed by atoms with Gasteiger partial charge in [0, 0.05) is 32.7 Å². The largest absolute Gasteiger partial charge is 0.573 e. The number of carbonyl (C=O) groups is 1. The van der Waals surface area contributed by atoms with E-state index in [2.05, 4.69) is 15.2 Å². The number of rotatable bonds is 4. The summed E-state index contributed by atoms with van der Waals surface area (Å²) in [5.41, 5.74) is 1.22. The summed E-state index contributed by atoms with van der Waals surface area (Å²) in [5, 5.41) is 7.26. The van der Waals surface area contributed by atoms with E-state index < -0.39 is 12.1 Å². The van der Waals surface area contributed by atoms with Crippen LogP contribution in [0.4, 0.5) is 23.8 Å². The molecular weight excluding hydrogens is 437 g/mol. The molecule has 7 nitrogen and oxygen atoms in total. The van der Waals surface area contributed by atoms with Crippen molar-refractivity contribution in [1.29, 1.82) is 0 Å². The number of piperazine rings is 1.